The lowest BCUT2D eigenvalue weighted by Crippen LogP contribution is -2.45. The molecular weight excluding hydrogens is 248 g/mol. The fourth-order valence-corrected chi connectivity index (χ4v) is 2.31. The number of ether oxygens (including phenoxy) is 1. The van der Waals surface area contributed by atoms with Crippen molar-refractivity contribution in [2.24, 2.45) is 5.92 Å². The molecule has 6 nitrogen and oxygen atoms in total. The van der Waals surface area contributed by atoms with Gasteiger partial charge in [0.05, 0.1) is 26.2 Å². The van der Waals surface area contributed by atoms with E-state index in [-0.39, 0.29) is 24.4 Å². The van der Waals surface area contributed by atoms with E-state index in [9.17, 15) is 9.59 Å². The van der Waals surface area contributed by atoms with E-state index < -0.39 is 0 Å². The lowest BCUT2D eigenvalue weighted by Gasteiger charge is -2.32. The molecule has 0 saturated carbocycles. The van der Waals surface area contributed by atoms with E-state index in [1.807, 2.05) is 11.8 Å². The molecule has 0 aromatic rings. The molecule has 0 atom stereocenters. The highest BCUT2D eigenvalue weighted by Gasteiger charge is 2.28. The Bertz CT molecular complexity index is 301. The van der Waals surface area contributed by atoms with Crippen molar-refractivity contribution >= 4 is 11.9 Å². The highest BCUT2D eigenvalue weighted by molar-refractivity contribution is 5.79. The molecule has 6 heteroatoms. The predicted molar refractivity (Wildman–Crippen MR) is 70.5 cm³/mol. The Hall–Kier alpha value is -1.14. The fraction of sp³-hybridized carbons (Fsp3) is 0.846. The third-order valence-corrected chi connectivity index (χ3v) is 3.60. The number of carbonyl (C=O) groups is 2. The fourth-order valence-electron chi connectivity index (χ4n) is 2.31. The van der Waals surface area contributed by atoms with Crippen molar-refractivity contribution in [3.8, 4) is 0 Å². The minimum Gasteiger partial charge on any atom is -0.469 e. The summed E-state index contributed by atoms with van der Waals surface area (Å²) in [5, 5.41) is 8.90. The Kier molecular flexibility index (Phi) is 6.80. The first kappa shape index (κ1) is 15.9. The second kappa shape index (κ2) is 8.12. The molecule has 1 heterocycles. The summed E-state index contributed by atoms with van der Waals surface area (Å²) >= 11 is 0. The van der Waals surface area contributed by atoms with Gasteiger partial charge in [-0.05, 0) is 19.4 Å². The van der Waals surface area contributed by atoms with Crippen molar-refractivity contribution in [3.63, 3.8) is 0 Å². The quantitative estimate of drug-likeness (QED) is 0.673. The van der Waals surface area contributed by atoms with Gasteiger partial charge in [-0.1, -0.05) is 6.92 Å². The van der Waals surface area contributed by atoms with Crippen LogP contribution in [0.5, 0.6) is 0 Å². The molecule has 0 radical (unpaired) electrons. The molecule has 0 aliphatic carbocycles. The normalized spacial score (nSPS) is 16.7. The van der Waals surface area contributed by atoms with E-state index in [2.05, 4.69) is 0 Å². The molecular formula is C13H24N2O4. The van der Waals surface area contributed by atoms with Crippen LogP contribution in [0.3, 0.4) is 0 Å². The Morgan fingerprint density at radius 1 is 1.37 bits per heavy atom. The second-order valence-corrected chi connectivity index (χ2v) is 4.77. The van der Waals surface area contributed by atoms with E-state index in [1.165, 1.54) is 7.11 Å². The molecule has 0 aromatic heterocycles. The number of likely N-dealkylation sites (N-methyl/N-ethyl adjacent to an activating group) is 1. The van der Waals surface area contributed by atoms with Gasteiger partial charge in [0.25, 0.3) is 0 Å². The molecule has 1 N–H and O–H groups in total. The maximum absolute atomic E-state index is 12.1. The van der Waals surface area contributed by atoms with Gasteiger partial charge in [-0.2, -0.15) is 0 Å². The molecule has 19 heavy (non-hydrogen) atoms. The molecule has 110 valence electrons. The average molecular weight is 272 g/mol. The molecule has 1 saturated heterocycles. The first-order valence-electron chi connectivity index (χ1n) is 6.81. The zero-order valence-electron chi connectivity index (χ0n) is 11.8. The van der Waals surface area contributed by atoms with E-state index in [0.717, 1.165) is 6.54 Å². The summed E-state index contributed by atoms with van der Waals surface area (Å²) in [5.74, 6) is -0.185. The maximum Gasteiger partial charge on any atom is 0.308 e. The van der Waals surface area contributed by atoms with Gasteiger partial charge in [-0.3, -0.25) is 14.5 Å². The zero-order valence-corrected chi connectivity index (χ0v) is 11.8. The lowest BCUT2D eigenvalue weighted by molar-refractivity contribution is -0.149. The summed E-state index contributed by atoms with van der Waals surface area (Å²) in [5.41, 5.74) is 0. The van der Waals surface area contributed by atoms with Gasteiger partial charge >= 0.3 is 5.97 Å². The Balaban J connectivity index is 2.38. The zero-order chi connectivity index (χ0) is 14.3. The average Bonchev–Trinajstić information content (AvgIpc) is 2.45. The Morgan fingerprint density at radius 2 is 2.00 bits per heavy atom. The van der Waals surface area contributed by atoms with Crippen LogP contribution < -0.4 is 0 Å². The van der Waals surface area contributed by atoms with Crippen LogP contribution in [-0.4, -0.2) is 73.2 Å². The van der Waals surface area contributed by atoms with Gasteiger partial charge in [-0.25, -0.2) is 0 Å². The van der Waals surface area contributed by atoms with Crippen LogP contribution in [0, 0.1) is 5.92 Å². The van der Waals surface area contributed by atoms with E-state index >= 15 is 0 Å². The minimum atomic E-state index is -0.178. The van der Waals surface area contributed by atoms with Crippen LogP contribution in [-0.2, 0) is 14.3 Å². The van der Waals surface area contributed by atoms with Crippen LogP contribution in [0.4, 0.5) is 0 Å². The van der Waals surface area contributed by atoms with Crippen LogP contribution in [0.25, 0.3) is 0 Å². The van der Waals surface area contributed by atoms with Crippen molar-refractivity contribution in [2.75, 3.05) is 46.4 Å². The molecule has 0 spiro atoms. The first-order chi connectivity index (χ1) is 9.12. The van der Waals surface area contributed by atoms with Gasteiger partial charge in [-0.15, -0.1) is 0 Å². The van der Waals surface area contributed by atoms with Crippen molar-refractivity contribution in [2.45, 2.75) is 19.8 Å². The first-order valence-corrected chi connectivity index (χ1v) is 6.81. The molecule has 1 rings (SSSR count). The van der Waals surface area contributed by atoms with Crippen LogP contribution in [0.15, 0.2) is 0 Å². The number of amides is 1. The Morgan fingerprint density at radius 3 is 2.47 bits per heavy atom. The number of aliphatic hydroxyl groups excluding tert-OH is 1. The van der Waals surface area contributed by atoms with Gasteiger partial charge in [0.15, 0.2) is 0 Å². The molecule has 0 bridgehead atoms. The SMILES string of the molecule is CCN(CCO)CC(=O)N1CCC(C(=O)OC)CC1. The highest BCUT2D eigenvalue weighted by Crippen LogP contribution is 2.18. The molecule has 0 aromatic carbocycles. The van der Waals surface area contributed by atoms with Gasteiger partial charge in [0.1, 0.15) is 0 Å². The van der Waals surface area contributed by atoms with Crippen LogP contribution in [0.2, 0.25) is 0 Å². The molecule has 1 fully saturated rings. The standard InChI is InChI=1S/C13H24N2O4/c1-3-14(8-9-16)10-12(17)15-6-4-11(5-7-15)13(18)19-2/h11,16H,3-10H2,1-2H3. The van der Waals surface area contributed by atoms with Gasteiger partial charge < -0.3 is 14.7 Å². The number of esters is 1. The number of hydrogen-bond acceptors (Lipinski definition) is 5. The smallest absolute Gasteiger partial charge is 0.308 e. The van der Waals surface area contributed by atoms with E-state index in [4.69, 9.17) is 9.84 Å². The van der Waals surface area contributed by atoms with Crippen molar-refractivity contribution < 1.29 is 19.4 Å². The number of aliphatic hydroxyl groups is 1. The summed E-state index contributed by atoms with van der Waals surface area (Å²) in [6.45, 7) is 4.83. The number of carbonyl (C=O) groups excluding carboxylic acids is 2. The second-order valence-electron chi connectivity index (χ2n) is 4.77. The topological polar surface area (TPSA) is 70.1 Å². The number of likely N-dealkylation sites (tertiary alicyclic amines) is 1. The van der Waals surface area contributed by atoms with E-state index in [0.29, 0.717) is 39.0 Å². The predicted octanol–water partition coefficient (Wildman–Crippen LogP) is -0.288. The summed E-state index contributed by atoms with van der Waals surface area (Å²) in [7, 11) is 1.40. The number of methoxy groups -OCH3 is 1. The summed E-state index contributed by atoms with van der Waals surface area (Å²) in [6, 6.07) is 0. The number of nitrogens with zero attached hydrogens (tertiary/aromatic N) is 2. The highest BCUT2D eigenvalue weighted by atomic mass is 16.5. The summed E-state index contributed by atoms with van der Waals surface area (Å²) in [4.78, 5) is 27.2. The summed E-state index contributed by atoms with van der Waals surface area (Å²) < 4.78 is 4.72. The lowest BCUT2D eigenvalue weighted by atomic mass is 9.97. The molecule has 1 amide bonds. The maximum atomic E-state index is 12.1. The van der Waals surface area contributed by atoms with Crippen molar-refractivity contribution in [1.29, 1.82) is 0 Å². The van der Waals surface area contributed by atoms with Crippen molar-refractivity contribution in [3.05, 3.63) is 0 Å². The minimum absolute atomic E-state index is 0.0610. The van der Waals surface area contributed by atoms with Crippen LogP contribution >= 0.6 is 0 Å². The van der Waals surface area contributed by atoms with E-state index in [1.54, 1.807) is 4.90 Å². The third kappa shape index (κ3) is 4.80. The van der Waals surface area contributed by atoms with Gasteiger partial charge in [0, 0.05) is 19.6 Å². The monoisotopic (exact) mass is 272 g/mol. The number of rotatable bonds is 6. The Labute approximate surface area is 114 Å². The molecule has 1 aliphatic rings. The van der Waals surface area contributed by atoms with Crippen molar-refractivity contribution in [1.82, 2.24) is 9.80 Å². The third-order valence-electron chi connectivity index (χ3n) is 3.60. The number of piperidine rings is 1. The van der Waals surface area contributed by atoms with Gasteiger partial charge in [0.2, 0.25) is 5.91 Å². The number of hydrogen-bond donors (Lipinski definition) is 1. The molecule has 1 aliphatic heterocycles. The largest absolute Gasteiger partial charge is 0.469 e. The molecule has 0 unspecified atom stereocenters. The summed E-state index contributed by atoms with van der Waals surface area (Å²) in [6.07, 6.45) is 1.34. The van der Waals surface area contributed by atoms with Crippen LogP contribution in [0.1, 0.15) is 19.8 Å².